The summed E-state index contributed by atoms with van der Waals surface area (Å²) in [5, 5.41) is 2.87. The third-order valence-electron chi connectivity index (χ3n) is 5.61. The first-order valence-corrected chi connectivity index (χ1v) is 10.1. The van der Waals surface area contributed by atoms with Gasteiger partial charge in [-0.05, 0) is 44.4 Å². The van der Waals surface area contributed by atoms with E-state index in [-0.39, 0.29) is 17.7 Å². The molecule has 1 N–H and O–H groups in total. The first kappa shape index (κ1) is 21.4. The minimum atomic E-state index is -0.421. The van der Waals surface area contributed by atoms with Crippen molar-refractivity contribution in [2.75, 3.05) is 20.1 Å². The fraction of sp³-hybridized carbons (Fsp3) is 0.667. The fourth-order valence-electron chi connectivity index (χ4n) is 3.71. The van der Waals surface area contributed by atoms with Gasteiger partial charge in [-0.15, -0.1) is 0 Å². The third-order valence-corrected chi connectivity index (χ3v) is 5.61. The van der Waals surface area contributed by atoms with Crippen molar-refractivity contribution in [1.29, 1.82) is 0 Å². The van der Waals surface area contributed by atoms with Crippen LogP contribution in [0.5, 0.6) is 0 Å². The average molecular weight is 375 g/mol. The highest BCUT2D eigenvalue weighted by atomic mass is 16.2. The number of nitrogens with zero attached hydrogens (tertiary/aromatic N) is 3. The largest absolute Gasteiger partial charge is 0.344 e. The molecule has 6 nitrogen and oxygen atoms in total. The summed E-state index contributed by atoms with van der Waals surface area (Å²) in [5.74, 6) is 0.0521. The Hall–Kier alpha value is -1.95. The summed E-state index contributed by atoms with van der Waals surface area (Å²) in [6, 6.07) is 6.01. The van der Waals surface area contributed by atoms with Crippen LogP contribution in [0.25, 0.3) is 0 Å². The van der Waals surface area contributed by atoms with Crippen LogP contribution in [0.15, 0.2) is 24.4 Å². The molecule has 6 heteroatoms. The van der Waals surface area contributed by atoms with Crippen molar-refractivity contribution in [3.63, 3.8) is 0 Å². The van der Waals surface area contributed by atoms with Gasteiger partial charge in [0.05, 0.1) is 5.69 Å². The molecule has 1 aliphatic rings. The van der Waals surface area contributed by atoms with Crippen LogP contribution in [0.2, 0.25) is 0 Å². The van der Waals surface area contributed by atoms with Crippen LogP contribution in [0.4, 0.5) is 0 Å². The first-order valence-electron chi connectivity index (χ1n) is 10.1. The lowest BCUT2D eigenvalue weighted by Gasteiger charge is -2.30. The van der Waals surface area contributed by atoms with Crippen molar-refractivity contribution in [3.8, 4) is 0 Å². The Balaban J connectivity index is 1.96. The molecule has 0 aliphatic carbocycles. The summed E-state index contributed by atoms with van der Waals surface area (Å²) in [4.78, 5) is 33.3. The molecule has 0 unspecified atom stereocenters. The molecule has 3 atom stereocenters. The molecule has 2 heterocycles. The van der Waals surface area contributed by atoms with Gasteiger partial charge < -0.3 is 10.2 Å². The van der Waals surface area contributed by atoms with Gasteiger partial charge in [0.2, 0.25) is 11.8 Å². The lowest BCUT2D eigenvalue weighted by atomic mass is 9.97. The summed E-state index contributed by atoms with van der Waals surface area (Å²) in [5.41, 5.74) is 1.07. The van der Waals surface area contributed by atoms with Crippen LogP contribution in [0.3, 0.4) is 0 Å². The van der Waals surface area contributed by atoms with Crippen molar-refractivity contribution < 1.29 is 9.59 Å². The van der Waals surface area contributed by atoms with Gasteiger partial charge in [0.15, 0.2) is 0 Å². The molecule has 27 heavy (non-hydrogen) atoms. The van der Waals surface area contributed by atoms with Crippen LogP contribution >= 0.6 is 0 Å². The number of carbonyl (C=O) groups excluding carboxylic acids is 2. The monoisotopic (exact) mass is 374 g/mol. The summed E-state index contributed by atoms with van der Waals surface area (Å²) in [6.07, 6.45) is 5.69. The molecule has 1 aromatic heterocycles. The molecular weight excluding hydrogens is 340 g/mol. The van der Waals surface area contributed by atoms with Gasteiger partial charge >= 0.3 is 0 Å². The Labute approximate surface area is 163 Å². The Morgan fingerprint density at radius 1 is 1.33 bits per heavy atom. The number of carbonyl (C=O) groups is 2. The lowest BCUT2D eigenvalue weighted by Crippen LogP contribution is -2.51. The number of pyridine rings is 1. The van der Waals surface area contributed by atoms with Crippen LogP contribution in [-0.4, -0.2) is 58.8 Å². The molecule has 0 bridgehead atoms. The summed E-state index contributed by atoms with van der Waals surface area (Å²) < 4.78 is 0. The number of hydrogen-bond acceptors (Lipinski definition) is 4. The molecule has 150 valence electrons. The molecule has 0 radical (unpaired) electrons. The number of rotatable bonds is 7. The molecule has 1 saturated heterocycles. The topological polar surface area (TPSA) is 65.5 Å². The number of nitrogens with one attached hydrogen (secondary N) is 1. The van der Waals surface area contributed by atoms with E-state index in [0.29, 0.717) is 6.04 Å². The normalized spacial score (nSPS) is 20.0. The van der Waals surface area contributed by atoms with Crippen molar-refractivity contribution in [3.05, 3.63) is 30.1 Å². The van der Waals surface area contributed by atoms with Crippen LogP contribution < -0.4 is 5.32 Å². The molecule has 1 aromatic rings. The van der Waals surface area contributed by atoms with Gasteiger partial charge in [-0.3, -0.25) is 19.5 Å². The summed E-state index contributed by atoms with van der Waals surface area (Å²) in [6.45, 7) is 7.88. The first-order chi connectivity index (χ1) is 12.9. The van der Waals surface area contributed by atoms with E-state index in [1.807, 2.05) is 36.2 Å². The molecule has 2 amide bonds. The highest BCUT2D eigenvalue weighted by Gasteiger charge is 2.31. The highest BCUT2D eigenvalue weighted by molar-refractivity contribution is 5.87. The molecule has 0 aromatic carbocycles. The zero-order valence-corrected chi connectivity index (χ0v) is 17.1. The Morgan fingerprint density at radius 2 is 2.11 bits per heavy atom. The number of likely N-dealkylation sites (tertiary alicyclic amines) is 1. The molecule has 0 saturated carbocycles. The molecule has 2 rings (SSSR count). The Morgan fingerprint density at radius 3 is 2.74 bits per heavy atom. The average Bonchev–Trinajstić information content (AvgIpc) is 2.92. The van der Waals surface area contributed by atoms with Crippen LogP contribution in [0.1, 0.15) is 52.1 Å². The van der Waals surface area contributed by atoms with E-state index < -0.39 is 6.04 Å². The van der Waals surface area contributed by atoms with Gasteiger partial charge in [-0.2, -0.15) is 0 Å². The van der Waals surface area contributed by atoms with Gasteiger partial charge in [0, 0.05) is 38.8 Å². The molecule has 0 spiro atoms. The zero-order chi connectivity index (χ0) is 19.8. The van der Waals surface area contributed by atoms with Crippen molar-refractivity contribution in [2.24, 2.45) is 5.92 Å². The molecule has 1 fully saturated rings. The van der Waals surface area contributed by atoms with Gasteiger partial charge in [-0.25, -0.2) is 0 Å². The maximum absolute atomic E-state index is 13.0. The molecule has 1 aliphatic heterocycles. The van der Waals surface area contributed by atoms with Gasteiger partial charge in [0.1, 0.15) is 6.04 Å². The highest BCUT2D eigenvalue weighted by Crippen LogP contribution is 2.19. The maximum atomic E-state index is 13.0. The summed E-state index contributed by atoms with van der Waals surface area (Å²) >= 11 is 0. The number of aromatic nitrogens is 1. The van der Waals surface area contributed by atoms with E-state index in [2.05, 4.69) is 29.2 Å². The minimum Gasteiger partial charge on any atom is -0.344 e. The van der Waals surface area contributed by atoms with Crippen molar-refractivity contribution in [2.45, 2.75) is 65.1 Å². The van der Waals surface area contributed by atoms with E-state index >= 15 is 0 Å². The SMILES string of the molecule is CC[C@H](C)[C@H](NC(C)=O)C(=O)N1CCC[C@@H](N(C)Cc2ccccn2)CC1. The second kappa shape index (κ2) is 10.4. The fourth-order valence-corrected chi connectivity index (χ4v) is 3.71. The second-order valence-corrected chi connectivity index (χ2v) is 7.71. The van der Waals surface area contributed by atoms with E-state index in [0.717, 1.165) is 51.0 Å². The van der Waals surface area contributed by atoms with Crippen LogP contribution in [-0.2, 0) is 16.1 Å². The zero-order valence-electron chi connectivity index (χ0n) is 17.1. The second-order valence-electron chi connectivity index (χ2n) is 7.71. The van der Waals surface area contributed by atoms with Crippen LogP contribution in [0, 0.1) is 5.92 Å². The van der Waals surface area contributed by atoms with E-state index in [1.54, 1.807) is 0 Å². The Bertz CT molecular complexity index is 607. The van der Waals surface area contributed by atoms with Gasteiger partial charge in [-0.1, -0.05) is 26.3 Å². The standard InChI is InChI=1S/C21H34N4O2/c1-5-16(2)20(23-17(3)26)21(27)25-13-8-10-19(11-14-25)24(4)15-18-9-6-7-12-22-18/h6-7,9,12,16,19-20H,5,8,10-11,13-15H2,1-4H3,(H,23,26)/t16-,19+,20-/m0/s1. The Kier molecular flexibility index (Phi) is 8.23. The maximum Gasteiger partial charge on any atom is 0.245 e. The van der Waals surface area contributed by atoms with E-state index in [1.165, 1.54) is 6.92 Å². The minimum absolute atomic E-state index is 0.0626. The molecular formula is C21H34N4O2. The predicted molar refractivity (Wildman–Crippen MR) is 107 cm³/mol. The quantitative estimate of drug-likeness (QED) is 0.796. The van der Waals surface area contributed by atoms with Crippen molar-refractivity contribution >= 4 is 11.8 Å². The third kappa shape index (κ3) is 6.31. The van der Waals surface area contributed by atoms with Gasteiger partial charge in [0.25, 0.3) is 0 Å². The number of amides is 2. The van der Waals surface area contributed by atoms with Crippen molar-refractivity contribution in [1.82, 2.24) is 20.1 Å². The predicted octanol–water partition coefficient (Wildman–Crippen LogP) is 2.45. The van der Waals surface area contributed by atoms with E-state index in [4.69, 9.17) is 0 Å². The summed E-state index contributed by atoms with van der Waals surface area (Å²) in [7, 11) is 2.14. The lowest BCUT2D eigenvalue weighted by molar-refractivity contribution is -0.137. The van der Waals surface area contributed by atoms with E-state index in [9.17, 15) is 9.59 Å². The number of hydrogen-bond donors (Lipinski definition) is 1. The smallest absolute Gasteiger partial charge is 0.245 e.